The summed E-state index contributed by atoms with van der Waals surface area (Å²) in [7, 11) is 4.54. The van der Waals surface area contributed by atoms with Gasteiger partial charge >= 0.3 is 0 Å². The summed E-state index contributed by atoms with van der Waals surface area (Å²) >= 11 is 0. The lowest BCUT2D eigenvalue weighted by Crippen LogP contribution is -2.29. The van der Waals surface area contributed by atoms with Crippen molar-refractivity contribution in [3.63, 3.8) is 0 Å². The summed E-state index contributed by atoms with van der Waals surface area (Å²) in [5.74, 6) is 0.311. The maximum atomic E-state index is 12.9. The molecule has 2 aromatic carbocycles. The Morgan fingerprint density at radius 1 is 0.923 bits per heavy atom. The van der Waals surface area contributed by atoms with E-state index in [1.54, 1.807) is 12.1 Å². The van der Waals surface area contributed by atoms with E-state index in [0.717, 1.165) is 5.56 Å². The normalized spacial score (nSPS) is 16.7. The molecule has 1 aliphatic rings. The Morgan fingerprint density at radius 3 is 2.23 bits per heavy atom. The van der Waals surface area contributed by atoms with Gasteiger partial charge in [0, 0.05) is 12.0 Å². The molecule has 1 aliphatic heterocycles. The van der Waals surface area contributed by atoms with Crippen molar-refractivity contribution in [3.05, 3.63) is 53.6 Å². The average Bonchev–Trinajstić information content (AvgIpc) is 2.95. The summed E-state index contributed by atoms with van der Waals surface area (Å²) in [5.41, 5.74) is 1.54. The fraction of sp³-hybridized carbons (Fsp3) is 0.300. The Labute approximate surface area is 152 Å². The number of amides is 2. The number of rotatable bonds is 6. The van der Waals surface area contributed by atoms with Crippen molar-refractivity contribution in [2.75, 3.05) is 21.3 Å². The van der Waals surface area contributed by atoms with Crippen LogP contribution in [0.5, 0.6) is 17.2 Å². The molecule has 6 heteroatoms. The highest BCUT2D eigenvalue weighted by molar-refractivity contribution is 6.06. The van der Waals surface area contributed by atoms with Crippen molar-refractivity contribution in [1.82, 2.24) is 4.90 Å². The zero-order valence-corrected chi connectivity index (χ0v) is 15.0. The fourth-order valence-electron chi connectivity index (χ4n) is 3.26. The molecule has 0 spiro atoms. The number of imide groups is 1. The van der Waals surface area contributed by atoms with Crippen LogP contribution in [-0.2, 0) is 16.1 Å². The lowest BCUT2D eigenvalue weighted by molar-refractivity contribution is -0.139. The van der Waals surface area contributed by atoms with Crippen LogP contribution < -0.4 is 14.2 Å². The van der Waals surface area contributed by atoms with Crippen molar-refractivity contribution < 1.29 is 23.8 Å². The van der Waals surface area contributed by atoms with Gasteiger partial charge < -0.3 is 14.2 Å². The van der Waals surface area contributed by atoms with Crippen molar-refractivity contribution >= 4 is 11.8 Å². The molecule has 1 saturated heterocycles. The molecule has 3 rings (SSSR count). The number of ether oxygens (including phenoxy) is 3. The van der Waals surface area contributed by atoms with E-state index in [1.807, 2.05) is 30.3 Å². The van der Waals surface area contributed by atoms with Crippen LogP contribution in [0.25, 0.3) is 0 Å². The van der Waals surface area contributed by atoms with Gasteiger partial charge in [0.25, 0.3) is 0 Å². The SMILES string of the molecule is COc1ccc([C@H]2CC(=O)N(Cc3ccccc3)C2=O)c(OC)c1OC. The highest BCUT2D eigenvalue weighted by atomic mass is 16.5. The zero-order chi connectivity index (χ0) is 18.7. The topological polar surface area (TPSA) is 65.1 Å². The van der Waals surface area contributed by atoms with Gasteiger partial charge in [0.05, 0.1) is 33.8 Å². The summed E-state index contributed by atoms with van der Waals surface area (Å²) in [6.45, 7) is 0.268. The molecule has 136 valence electrons. The average molecular weight is 355 g/mol. The molecule has 0 N–H and O–H groups in total. The minimum absolute atomic E-state index is 0.109. The summed E-state index contributed by atoms with van der Waals surface area (Å²) < 4.78 is 16.1. The van der Waals surface area contributed by atoms with Gasteiger partial charge in [-0.2, -0.15) is 0 Å². The van der Waals surface area contributed by atoms with Crippen molar-refractivity contribution in [2.45, 2.75) is 18.9 Å². The van der Waals surface area contributed by atoms with E-state index >= 15 is 0 Å². The van der Waals surface area contributed by atoms with Crippen molar-refractivity contribution in [3.8, 4) is 17.2 Å². The Morgan fingerprint density at radius 2 is 1.62 bits per heavy atom. The number of benzene rings is 2. The molecule has 0 radical (unpaired) electrons. The van der Waals surface area contributed by atoms with Crippen LogP contribution in [0.2, 0.25) is 0 Å². The monoisotopic (exact) mass is 355 g/mol. The van der Waals surface area contributed by atoms with E-state index in [0.29, 0.717) is 22.8 Å². The molecular weight excluding hydrogens is 334 g/mol. The molecule has 1 fully saturated rings. The molecule has 26 heavy (non-hydrogen) atoms. The van der Waals surface area contributed by atoms with Gasteiger partial charge in [-0.15, -0.1) is 0 Å². The van der Waals surface area contributed by atoms with Gasteiger partial charge in [0.1, 0.15) is 0 Å². The number of hydrogen-bond acceptors (Lipinski definition) is 5. The largest absolute Gasteiger partial charge is 0.493 e. The van der Waals surface area contributed by atoms with E-state index in [4.69, 9.17) is 14.2 Å². The maximum absolute atomic E-state index is 12.9. The first-order valence-electron chi connectivity index (χ1n) is 8.27. The number of carbonyl (C=O) groups excluding carboxylic acids is 2. The summed E-state index contributed by atoms with van der Waals surface area (Å²) in [5, 5.41) is 0. The van der Waals surface area contributed by atoms with Gasteiger partial charge in [0.15, 0.2) is 11.5 Å². The van der Waals surface area contributed by atoms with Crippen LogP contribution >= 0.6 is 0 Å². The standard InChI is InChI=1S/C20H21NO5/c1-24-16-10-9-14(18(25-2)19(16)26-3)15-11-17(22)21(20(15)23)12-13-7-5-4-6-8-13/h4-10,15H,11-12H2,1-3H3/t15-/m1/s1. The molecule has 0 aromatic heterocycles. The number of carbonyl (C=O) groups is 2. The summed E-state index contributed by atoms with van der Waals surface area (Å²) in [6, 6.07) is 12.9. The molecule has 0 aliphatic carbocycles. The number of methoxy groups -OCH3 is 3. The second-order valence-corrected chi connectivity index (χ2v) is 5.98. The first-order valence-corrected chi connectivity index (χ1v) is 8.27. The molecule has 1 atom stereocenters. The Kier molecular flexibility index (Phi) is 5.11. The zero-order valence-electron chi connectivity index (χ0n) is 15.0. The predicted molar refractivity (Wildman–Crippen MR) is 95.5 cm³/mol. The van der Waals surface area contributed by atoms with Crippen LogP contribution in [0, 0.1) is 0 Å². The number of nitrogens with zero attached hydrogens (tertiary/aromatic N) is 1. The molecule has 0 saturated carbocycles. The highest BCUT2D eigenvalue weighted by Crippen LogP contribution is 2.45. The predicted octanol–water partition coefficient (Wildman–Crippen LogP) is 2.76. The van der Waals surface area contributed by atoms with Gasteiger partial charge in [-0.05, 0) is 11.6 Å². The fourth-order valence-corrected chi connectivity index (χ4v) is 3.26. The maximum Gasteiger partial charge on any atom is 0.237 e. The van der Waals surface area contributed by atoms with Crippen molar-refractivity contribution in [1.29, 1.82) is 0 Å². The first kappa shape index (κ1) is 17.8. The van der Waals surface area contributed by atoms with E-state index in [2.05, 4.69) is 0 Å². The van der Waals surface area contributed by atoms with Crippen LogP contribution in [0.4, 0.5) is 0 Å². The van der Waals surface area contributed by atoms with E-state index in [1.165, 1.54) is 26.2 Å². The van der Waals surface area contributed by atoms with Gasteiger partial charge in [-0.3, -0.25) is 14.5 Å². The Bertz CT molecular complexity index is 818. The molecular formula is C20H21NO5. The second-order valence-electron chi connectivity index (χ2n) is 5.98. The molecule has 2 amide bonds. The summed E-state index contributed by atoms with van der Waals surface area (Å²) in [4.78, 5) is 26.7. The second kappa shape index (κ2) is 7.47. The highest BCUT2D eigenvalue weighted by Gasteiger charge is 2.41. The van der Waals surface area contributed by atoms with E-state index in [9.17, 15) is 9.59 Å². The number of hydrogen-bond donors (Lipinski definition) is 0. The molecule has 6 nitrogen and oxygen atoms in total. The van der Waals surface area contributed by atoms with Gasteiger partial charge in [0.2, 0.25) is 17.6 Å². The van der Waals surface area contributed by atoms with Crippen LogP contribution in [0.3, 0.4) is 0 Å². The van der Waals surface area contributed by atoms with Gasteiger partial charge in [-0.1, -0.05) is 36.4 Å². The number of likely N-dealkylation sites (tertiary alicyclic amines) is 1. The third kappa shape index (κ3) is 3.10. The molecule has 0 bridgehead atoms. The van der Waals surface area contributed by atoms with Crippen molar-refractivity contribution in [2.24, 2.45) is 0 Å². The molecule has 2 aromatic rings. The van der Waals surface area contributed by atoms with E-state index < -0.39 is 5.92 Å². The Hall–Kier alpha value is -3.02. The lowest BCUT2D eigenvalue weighted by Gasteiger charge is -2.19. The molecule has 1 heterocycles. The quantitative estimate of drug-likeness (QED) is 0.746. The minimum Gasteiger partial charge on any atom is -0.493 e. The van der Waals surface area contributed by atoms with Gasteiger partial charge in [-0.25, -0.2) is 0 Å². The lowest BCUT2D eigenvalue weighted by atomic mass is 9.95. The molecule has 0 unspecified atom stereocenters. The van der Waals surface area contributed by atoms with Crippen LogP contribution in [0.1, 0.15) is 23.5 Å². The first-order chi connectivity index (χ1) is 12.6. The van der Waals surface area contributed by atoms with Crippen LogP contribution in [0.15, 0.2) is 42.5 Å². The summed E-state index contributed by atoms with van der Waals surface area (Å²) in [6.07, 6.45) is 0.109. The van der Waals surface area contributed by atoms with Crippen LogP contribution in [-0.4, -0.2) is 38.0 Å². The third-order valence-corrected chi connectivity index (χ3v) is 4.54. The third-order valence-electron chi connectivity index (χ3n) is 4.54. The minimum atomic E-state index is -0.596. The van der Waals surface area contributed by atoms with E-state index in [-0.39, 0.29) is 24.8 Å². The smallest absolute Gasteiger partial charge is 0.237 e. The Balaban J connectivity index is 1.93.